The Morgan fingerprint density at radius 3 is 2.52 bits per heavy atom. The lowest BCUT2D eigenvalue weighted by molar-refractivity contribution is -0.124. The summed E-state index contributed by atoms with van der Waals surface area (Å²) in [7, 11) is 0. The number of hydrogen-bond donors (Lipinski definition) is 1. The van der Waals surface area contributed by atoms with E-state index in [1.807, 2.05) is 37.3 Å². The fraction of sp³-hybridized carbons (Fsp3) is 0.529. The van der Waals surface area contributed by atoms with Crippen molar-refractivity contribution in [1.29, 1.82) is 0 Å². The van der Waals surface area contributed by atoms with E-state index in [-0.39, 0.29) is 11.9 Å². The van der Waals surface area contributed by atoms with E-state index in [9.17, 15) is 4.79 Å². The molecule has 0 aliphatic heterocycles. The average Bonchev–Trinajstić information content (AvgIpc) is 3.02. The van der Waals surface area contributed by atoms with E-state index in [0.29, 0.717) is 5.92 Å². The summed E-state index contributed by atoms with van der Waals surface area (Å²) in [4.78, 5) is 12.7. The molecule has 2 aromatic rings. The van der Waals surface area contributed by atoms with Gasteiger partial charge < -0.3 is 5.32 Å². The van der Waals surface area contributed by atoms with Crippen LogP contribution in [0.4, 0.5) is 0 Å². The molecule has 23 heavy (non-hydrogen) atoms. The highest BCUT2D eigenvalue weighted by Crippen LogP contribution is 2.17. The van der Waals surface area contributed by atoms with Crippen molar-refractivity contribution >= 4 is 5.91 Å². The number of rotatable bonds is 8. The van der Waals surface area contributed by atoms with E-state index in [4.69, 9.17) is 0 Å². The number of carbonyl (C=O) groups excluding carboxylic acids is 1. The van der Waals surface area contributed by atoms with Gasteiger partial charge in [0.1, 0.15) is 6.33 Å². The van der Waals surface area contributed by atoms with Crippen LogP contribution in [0, 0.1) is 5.92 Å². The summed E-state index contributed by atoms with van der Waals surface area (Å²) in [6, 6.07) is 9.15. The van der Waals surface area contributed by atoms with Crippen molar-refractivity contribution in [2.75, 3.05) is 0 Å². The molecule has 1 N–H and O–H groups in total. The maximum Gasteiger partial charge on any atom is 0.249 e. The third-order valence-corrected chi connectivity index (χ3v) is 3.80. The fourth-order valence-corrected chi connectivity index (χ4v) is 2.57. The van der Waals surface area contributed by atoms with Crippen LogP contribution >= 0.6 is 0 Å². The summed E-state index contributed by atoms with van der Waals surface area (Å²) in [6.45, 7) is 6.47. The summed E-state index contributed by atoms with van der Waals surface area (Å²) in [5.74, 6) is 0.608. The van der Waals surface area contributed by atoms with Crippen LogP contribution in [0.5, 0.6) is 0 Å². The normalized spacial score (nSPS) is 13.7. The standard InChI is InChI=1S/C17H25N5O/c1-13(2)8-7-9-14(3)19-17(23)16(22-12-18-20-21-22)15-10-5-4-6-11-15/h4-6,10-14,16H,7-9H2,1-3H3,(H,19,23)/t14-,16+/m0/s1. The SMILES string of the molecule is CC(C)CCC[C@H](C)NC(=O)[C@@H](c1ccccc1)n1cnnn1. The smallest absolute Gasteiger partial charge is 0.249 e. The minimum atomic E-state index is -0.543. The molecule has 1 aromatic carbocycles. The second-order valence-electron chi connectivity index (χ2n) is 6.34. The van der Waals surface area contributed by atoms with E-state index in [1.165, 1.54) is 17.4 Å². The van der Waals surface area contributed by atoms with Gasteiger partial charge in [-0.15, -0.1) is 5.10 Å². The summed E-state index contributed by atoms with van der Waals surface area (Å²) in [5.41, 5.74) is 0.867. The molecule has 1 amide bonds. The second kappa shape index (κ2) is 8.41. The molecule has 0 spiro atoms. The quantitative estimate of drug-likeness (QED) is 0.812. The van der Waals surface area contributed by atoms with Gasteiger partial charge in [0, 0.05) is 6.04 Å². The van der Waals surface area contributed by atoms with Crippen molar-refractivity contribution < 1.29 is 4.79 Å². The first-order valence-corrected chi connectivity index (χ1v) is 8.15. The van der Waals surface area contributed by atoms with Gasteiger partial charge in [0.05, 0.1) is 0 Å². The van der Waals surface area contributed by atoms with Crippen molar-refractivity contribution in [3.05, 3.63) is 42.2 Å². The molecule has 2 atom stereocenters. The summed E-state index contributed by atoms with van der Waals surface area (Å²) < 4.78 is 1.49. The molecule has 0 aliphatic carbocycles. The van der Waals surface area contributed by atoms with Gasteiger partial charge in [-0.3, -0.25) is 4.79 Å². The number of hydrogen-bond acceptors (Lipinski definition) is 4. The molecule has 1 aromatic heterocycles. The van der Waals surface area contributed by atoms with Crippen molar-refractivity contribution in [3.63, 3.8) is 0 Å². The molecule has 0 radical (unpaired) electrons. The van der Waals surface area contributed by atoms with Crippen LogP contribution in [-0.4, -0.2) is 32.2 Å². The Hall–Kier alpha value is -2.24. The zero-order valence-electron chi connectivity index (χ0n) is 14.0. The Morgan fingerprint density at radius 2 is 1.91 bits per heavy atom. The highest BCUT2D eigenvalue weighted by molar-refractivity contribution is 5.83. The third kappa shape index (κ3) is 5.16. The van der Waals surface area contributed by atoms with Crippen LogP contribution in [-0.2, 0) is 4.79 Å². The lowest BCUT2D eigenvalue weighted by Crippen LogP contribution is -2.39. The molecule has 6 heteroatoms. The van der Waals surface area contributed by atoms with Crippen LogP contribution in [0.3, 0.4) is 0 Å². The number of carbonyl (C=O) groups is 1. The number of aromatic nitrogens is 4. The number of benzene rings is 1. The molecule has 6 nitrogen and oxygen atoms in total. The zero-order valence-corrected chi connectivity index (χ0v) is 14.0. The largest absolute Gasteiger partial charge is 0.351 e. The first kappa shape index (κ1) is 17.1. The van der Waals surface area contributed by atoms with E-state index in [1.54, 1.807) is 0 Å². The molecule has 1 heterocycles. The van der Waals surface area contributed by atoms with Gasteiger partial charge >= 0.3 is 0 Å². The third-order valence-electron chi connectivity index (χ3n) is 3.80. The van der Waals surface area contributed by atoms with Crippen LogP contribution in [0.15, 0.2) is 36.7 Å². The van der Waals surface area contributed by atoms with E-state index >= 15 is 0 Å². The maximum atomic E-state index is 12.7. The van der Waals surface area contributed by atoms with Gasteiger partial charge in [0.25, 0.3) is 0 Å². The van der Waals surface area contributed by atoms with Crippen LogP contribution in [0.25, 0.3) is 0 Å². The minimum Gasteiger partial charge on any atom is -0.351 e. The highest BCUT2D eigenvalue weighted by Gasteiger charge is 2.24. The Kier molecular flexibility index (Phi) is 6.26. The minimum absolute atomic E-state index is 0.0828. The van der Waals surface area contributed by atoms with Crippen LogP contribution in [0.1, 0.15) is 51.6 Å². The summed E-state index contributed by atoms with van der Waals surface area (Å²) >= 11 is 0. The number of tetrazole rings is 1. The number of amides is 1. The molecule has 0 fully saturated rings. The molecular weight excluding hydrogens is 290 g/mol. The van der Waals surface area contributed by atoms with E-state index in [2.05, 4.69) is 34.7 Å². The number of nitrogens with one attached hydrogen (secondary N) is 1. The van der Waals surface area contributed by atoms with Crippen molar-refractivity contribution in [2.45, 2.75) is 52.1 Å². The predicted octanol–water partition coefficient (Wildman–Crippen LogP) is 2.59. The molecule has 0 unspecified atom stereocenters. The van der Waals surface area contributed by atoms with E-state index < -0.39 is 6.04 Å². The molecule has 0 saturated carbocycles. The Bertz CT molecular complexity index is 582. The molecule has 124 valence electrons. The molecule has 0 bridgehead atoms. The number of nitrogens with zero attached hydrogens (tertiary/aromatic N) is 4. The second-order valence-corrected chi connectivity index (χ2v) is 6.34. The van der Waals surface area contributed by atoms with Gasteiger partial charge in [-0.25, -0.2) is 4.68 Å². The van der Waals surface area contributed by atoms with Gasteiger partial charge in [0.2, 0.25) is 5.91 Å². The Morgan fingerprint density at radius 1 is 1.17 bits per heavy atom. The molecular formula is C17H25N5O. The van der Waals surface area contributed by atoms with E-state index in [0.717, 1.165) is 18.4 Å². The van der Waals surface area contributed by atoms with Gasteiger partial charge in [0.15, 0.2) is 6.04 Å². The highest BCUT2D eigenvalue weighted by atomic mass is 16.2. The maximum absolute atomic E-state index is 12.7. The van der Waals surface area contributed by atoms with Crippen LogP contribution in [0.2, 0.25) is 0 Å². The van der Waals surface area contributed by atoms with Crippen LogP contribution < -0.4 is 5.32 Å². The Labute approximate surface area is 137 Å². The first-order chi connectivity index (χ1) is 11.1. The molecule has 2 rings (SSSR count). The lowest BCUT2D eigenvalue weighted by Gasteiger charge is -2.20. The van der Waals surface area contributed by atoms with Gasteiger partial charge in [-0.1, -0.05) is 57.0 Å². The van der Waals surface area contributed by atoms with Crippen molar-refractivity contribution in [1.82, 2.24) is 25.5 Å². The Balaban J connectivity index is 2.03. The van der Waals surface area contributed by atoms with Gasteiger partial charge in [-0.2, -0.15) is 0 Å². The first-order valence-electron chi connectivity index (χ1n) is 8.15. The van der Waals surface area contributed by atoms with Crippen molar-refractivity contribution in [2.24, 2.45) is 5.92 Å². The monoisotopic (exact) mass is 315 g/mol. The molecule has 0 saturated heterocycles. The summed E-state index contributed by atoms with van der Waals surface area (Å²) in [5, 5.41) is 14.3. The van der Waals surface area contributed by atoms with Gasteiger partial charge in [-0.05, 0) is 35.3 Å². The molecule has 0 aliphatic rings. The van der Waals surface area contributed by atoms with Crippen molar-refractivity contribution in [3.8, 4) is 0 Å². The lowest BCUT2D eigenvalue weighted by atomic mass is 10.0. The fourth-order valence-electron chi connectivity index (χ4n) is 2.57. The summed E-state index contributed by atoms with van der Waals surface area (Å²) in [6.07, 6.45) is 4.73. The average molecular weight is 315 g/mol. The zero-order chi connectivity index (χ0) is 16.7. The predicted molar refractivity (Wildman–Crippen MR) is 88.7 cm³/mol. The topological polar surface area (TPSA) is 72.7 Å².